The van der Waals surface area contributed by atoms with E-state index in [1.165, 1.54) is 12.1 Å². The highest BCUT2D eigenvalue weighted by Gasteiger charge is 2.62. The number of thioether (sulfide) groups is 1. The smallest absolute Gasteiger partial charge is 0.276 e. The van der Waals surface area contributed by atoms with Crippen molar-refractivity contribution >= 4 is 35.3 Å². The lowest BCUT2D eigenvalue weighted by Gasteiger charge is -2.31. The SMILES string of the molecule is O=C1NC(=O)C2(CC2)C(=O)N1c1ccccc1SC(F)F. The average Bonchev–Trinajstić information content (AvgIpc) is 3.20. The van der Waals surface area contributed by atoms with E-state index in [1.807, 2.05) is 0 Å². The summed E-state index contributed by atoms with van der Waals surface area (Å²) in [5, 5.41) is 2.12. The molecule has 1 spiro atoms. The topological polar surface area (TPSA) is 66.5 Å². The summed E-state index contributed by atoms with van der Waals surface area (Å²) in [6, 6.07) is 5.00. The predicted octanol–water partition coefficient (Wildman–Crippen LogP) is 2.36. The Hall–Kier alpha value is -1.96. The second-order valence-electron chi connectivity index (χ2n) is 4.83. The van der Waals surface area contributed by atoms with E-state index in [2.05, 4.69) is 5.32 Å². The first kappa shape index (κ1) is 14.0. The molecule has 21 heavy (non-hydrogen) atoms. The molecule has 1 aliphatic heterocycles. The van der Waals surface area contributed by atoms with Crippen LogP contribution in [0.5, 0.6) is 0 Å². The van der Waals surface area contributed by atoms with Crippen LogP contribution >= 0.6 is 11.8 Å². The van der Waals surface area contributed by atoms with Crippen LogP contribution in [-0.2, 0) is 9.59 Å². The van der Waals surface area contributed by atoms with Crippen molar-refractivity contribution < 1.29 is 23.2 Å². The Balaban J connectivity index is 2.01. The van der Waals surface area contributed by atoms with Gasteiger partial charge in [-0.3, -0.25) is 14.9 Å². The zero-order valence-corrected chi connectivity index (χ0v) is 11.5. The first-order chi connectivity index (χ1) is 9.95. The lowest BCUT2D eigenvalue weighted by molar-refractivity contribution is -0.136. The third-order valence-electron chi connectivity index (χ3n) is 3.54. The molecule has 0 radical (unpaired) electrons. The summed E-state index contributed by atoms with van der Waals surface area (Å²) in [5.74, 6) is -3.92. The number of hydrogen-bond donors (Lipinski definition) is 1. The van der Waals surface area contributed by atoms with Crippen LogP contribution in [0.25, 0.3) is 0 Å². The fraction of sp³-hybridized carbons (Fsp3) is 0.308. The average molecular weight is 312 g/mol. The number of para-hydroxylation sites is 1. The van der Waals surface area contributed by atoms with Crippen molar-refractivity contribution in [2.75, 3.05) is 4.90 Å². The molecule has 1 N–H and O–H groups in total. The Kier molecular flexibility index (Phi) is 3.20. The minimum atomic E-state index is -2.68. The number of amides is 4. The van der Waals surface area contributed by atoms with Crippen LogP contribution in [0.15, 0.2) is 29.2 Å². The molecule has 1 heterocycles. The summed E-state index contributed by atoms with van der Waals surface area (Å²) in [4.78, 5) is 37.0. The minimum Gasteiger partial charge on any atom is -0.276 e. The Morgan fingerprint density at radius 2 is 1.86 bits per heavy atom. The van der Waals surface area contributed by atoms with Gasteiger partial charge in [-0.05, 0) is 25.0 Å². The van der Waals surface area contributed by atoms with E-state index >= 15 is 0 Å². The predicted molar refractivity (Wildman–Crippen MR) is 71.0 cm³/mol. The molecule has 1 aromatic rings. The van der Waals surface area contributed by atoms with Gasteiger partial charge in [0.1, 0.15) is 5.41 Å². The van der Waals surface area contributed by atoms with Gasteiger partial charge < -0.3 is 0 Å². The fourth-order valence-electron chi connectivity index (χ4n) is 2.30. The molecule has 3 rings (SSSR count). The normalized spacial score (nSPS) is 20.1. The van der Waals surface area contributed by atoms with Gasteiger partial charge in [-0.25, -0.2) is 9.69 Å². The van der Waals surface area contributed by atoms with Crippen LogP contribution < -0.4 is 10.2 Å². The lowest BCUT2D eigenvalue weighted by atomic mass is 10.0. The molecule has 1 saturated carbocycles. The molecule has 8 heteroatoms. The van der Waals surface area contributed by atoms with E-state index in [0.29, 0.717) is 12.8 Å². The van der Waals surface area contributed by atoms with Gasteiger partial charge in [-0.1, -0.05) is 23.9 Å². The van der Waals surface area contributed by atoms with E-state index in [9.17, 15) is 23.2 Å². The first-order valence-electron chi connectivity index (χ1n) is 6.19. The molecule has 0 bridgehead atoms. The molecule has 2 fully saturated rings. The molecule has 0 aromatic heterocycles. The van der Waals surface area contributed by atoms with E-state index in [0.717, 1.165) is 4.90 Å². The third-order valence-corrected chi connectivity index (χ3v) is 4.32. The number of alkyl halides is 2. The van der Waals surface area contributed by atoms with Crippen LogP contribution in [0.3, 0.4) is 0 Å². The number of rotatable bonds is 3. The second-order valence-corrected chi connectivity index (χ2v) is 5.86. The number of urea groups is 1. The number of halogens is 2. The van der Waals surface area contributed by atoms with Crippen molar-refractivity contribution in [2.24, 2.45) is 5.41 Å². The Labute approximate surface area is 122 Å². The lowest BCUT2D eigenvalue weighted by Crippen LogP contribution is -2.59. The fourth-order valence-corrected chi connectivity index (χ4v) is 2.93. The molecule has 5 nitrogen and oxygen atoms in total. The van der Waals surface area contributed by atoms with Crippen LogP contribution in [0.2, 0.25) is 0 Å². The highest BCUT2D eigenvalue weighted by molar-refractivity contribution is 7.99. The van der Waals surface area contributed by atoms with Crippen LogP contribution in [0.1, 0.15) is 12.8 Å². The van der Waals surface area contributed by atoms with Crippen molar-refractivity contribution in [1.29, 1.82) is 0 Å². The number of hydrogen-bond acceptors (Lipinski definition) is 4. The summed E-state index contributed by atoms with van der Waals surface area (Å²) in [7, 11) is 0. The van der Waals surface area contributed by atoms with Gasteiger partial charge in [0.2, 0.25) is 5.91 Å². The maximum Gasteiger partial charge on any atom is 0.335 e. The highest BCUT2D eigenvalue weighted by Crippen LogP contribution is 2.50. The molecule has 4 amide bonds. The number of carbonyl (C=O) groups is 3. The van der Waals surface area contributed by atoms with Crippen molar-refractivity contribution in [2.45, 2.75) is 23.5 Å². The zero-order chi connectivity index (χ0) is 15.2. The van der Waals surface area contributed by atoms with Gasteiger partial charge in [0.25, 0.3) is 11.7 Å². The zero-order valence-electron chi connectivity index (χ0n) is 10.6. The van der Waals surface area contributed by atoms with Crippen LogP contribution in [0, 0.1) is 5.41 Å². The quantitative estimate of drug-likeness (QED) is 0.687. The van der Waals surface area contributed by atoms with Gasteiger partial charge in [-0.2, -0.15) is 8.78 Å². The van der Waals surface area contributed by atoms with Gasteiger partial charge in [0.15, 0.2) is 0 Å². The minimum absolute atomic E-state index is 0.0732. The van der Waals surface area contributed by atoms with Crippen LogP contribution in [0.4, 0.5) is 19.3 Å². The number of nitrogens with one attached hydrogen (secondary N) is 1. The number of imide groups is 2. The molecule has 2 aliphatic rings. The largest absolute Gasteiger partial charge is 0.335 e. The number of anilines is 1. The summed E-state index contributed by atoms with van der Waals surface area (Å²) >= 11 is 0.252. The van der Waals surface area contributed by atoms with Gasteiger partial charge in [0.05, 0.1) is 5.69 Å². The summed E-state index contributed by atoms with van der Waals surface area (Å²) in [5.41, 5.74) is -1.12. The van der Waals surface area contributed by atoms with Crippen molar-refractivity contribution in [1.82, 2.24) is 5.32 Å². The highest BCUT2D eigenvalue weighted by atomic mass is 32.2. The Morgan fingerprint density at radius 3 is 2.48 bits per heavy atom. The van der Waals surface area contributed by atoms with Crippen molar-refractivity contribution in [3.63, 3.8) is 0 Å². The van der Waals surface area contributed by atoms with E-state index in [4.69, 9.17) is 0 Å². The molecular weight excluding hydrogens is 302 g/mol. The maximum atomic E-state index is 12.6. The van der Waals surface area contributed by atoms with Crippen molar-refractivity contribution in [3.8, 4) is 0 Å². The van der Waals surface area contributed by atoms with E-state index < -0.39 is 29.0 Å². The van der Waals surface area contributed by atoms with Crippen LogP contribution in [-0.4, -0.2) is 23.6 Å². The van der Waals surface area contributed by atoms with Gasteiger partial charge >= 0.3 is 6.03 Å². The molecular formula is C13H10F2N2O3S. The number of carbonyl (C=O) groups excluding carboxylic acids is 3. The first-order valence-corrected chi connectivity index (χ1v) is 7.07. The number of benzene rings is 1. The molecule has 0 unspecified atom stereocenters. The summed E-state index contributed by atoms with van der Waals surface area (Å²) in [6.45, 7) is 0. The molecule has 0 atom stereocenters. The van der Waals surface area contributed by atoms with E-state index in [1.54, 1.807) is 12.1 Å². The maximum absolute atomic E-state index is 12.6. The molecule has 110 valence electrons. The summed E-state index contributed by atoms with van der Waals surface area (Å²) < 4.78 is 25.2. The molecule has 1 aromatic carbocycles. The Morgan fingerprint density at radius 1 is 1.19 bits per heavy atom. The Bertz CT molecular complexity index is 646. The van der Waals surface area contributed by atoms with Gasteiger partial charge in [0, 0.05) is 4.90 Å². The summed E-state index contributed by atoms with van der Waals surface area (Å²) in [6.07, 6.45) is 0.733. The second kappa shape index (κ2) is 4.80. The number of barbiturate groups is 1. The molecule has 1 aliphatic carbocycles. The monoisotopic (exact) mass is 312 g/mol. The third kappa shape index (κ3) is 2.19. The number of nitrogens with zero attached hydrogens (tertiary/aromatic N) is 1. The van der Waals surface area contributed by atoms with Crippen molar-refractivity contribution in [3.05, 3.63) is 24.3 Å². The molecule has 1 saturated heterocycles. The van der Waals surface area contributed by atoms with Gasteiger partial charge in [-0.15, -0.1) is 0 Å². The van der Waals surface area contributed by atoms with E-state index in [-0.39, 0.29) is 22.3 Å². The standard InChI is InChI=1S/C13H10F2N2O3S/c14-11(15)21-8-4-2-1-3-7(8)17-10(19)13(5-6-13)9(18)16-12(17)20/h1-4,11H,5-6H2,(H,16,18,20).